The predicted molar refractivity (Wildman–Crippen MR) is 84.9 cm³/mol. The molecule has 6 heteroatoms. The molecule has 0 aromatic heterocycles. The lowest BCUT2D eigenvalue weighted by molar-refractivity contribution is -0.117. The number of nitrogens with one attached hydrogen (secondary N) is 1. The summed E-state index contributed by atoms with van der Waals surface area (Å²) in [5, 5.41) is 12.5. The van der Waals surface area contributed by atoms with Crippen LogP contribution in [0.1, 0.15) is 5.56 Å². The van der Waals surface area contributed by atoms with Gasteiger partial charge in [0.05, 0.1) is 21.8 Å². The highest BCUT2D eigenvalue weighted by Crippen LogP contribution is 2.29. The molecule has 1 amide bonds. The Balaban J connectivity index is 2.02. The second-order valence-corrected chi connectivity index (χ2v) is 5.35. The molecule has 0 aliphatic rings. The van der Waals surface area contributed by atoms with E-state index in [1.807, 2.05) is 0 Å². The van der Waals surface area contributed by atoms with E-state index in [4.69, 9.17) is 28.9 Å². The Kier molecular flexibility index (Phi) is 5.07. The van der Waals surface area contributed by atoms with Crippen LogP contribution in [0.25, 0.3) is 0 Å². The molecule has 0 saturated heterocycles. The minimum Gasteiger partial charge on any atom is -0.508 e. The number of hydrogen-bond donors (Lipinski definition) is 3. The van der Waals surface area contributed by atoms with Crippen molar-refractivity contribution in [1.82, 2.24) is 0 Å². The largest absolute Gasteiger partial charge is 0.508 e. The second kappa shape index (κ2) is 6.80. The zero-order chi connectivity index (χ0) is 15.4. The van der Waals surface area contributed by atoms with E-state index in [1.165, 1.54) is 0 Å². The van der Waals surface area contributed by atoms with Gasteiger partial charge in [-0.15, -0.1) is 0 Å². The molecule has 0 aliphatic carbocycles. The van der Waals surface area contributed by atoms with E-state index in [-0.39, 0.29) is 16.7 Å². The lowest BCUT2D eigenvalue weighted by Gasteiger charge is -2.13. The van der Waals surface area contributed by atoms with Gasteiger partial charge in [-0.3, -0.25) is 4.79 Å². The number of benzene rings is 2. The molecule has 0 unspecified atom stereocenters. The van der Waals surface area contributed by atoms with Crippen LogP contribution in [0, 0.1) is 0 Å². The average molecular weight is 325 g/mol. The van der Waals surface area contributed by atoms with Crippen molar-refractivity contribution in [2.45, 2.75) is 12.5 Å². The first-order valence-corrected chi connectivity index (χ1v) is 7.01. The van der Waals surface area contributed by atoms with Crippen LogP contribution >= 0.6 is 23.2 Å². The zero-order valence-electron chi connectivity index (χ0n) is 11.0. The fraction of sp³-hybridized carbons (Fsp3) is 0.133. The number of phenols is 1. The Morgan fingerprint density at radius 2 is 1.86 bits per heavy atom. The van der Waals surface area contributed by atoms with Gasteiger partial charge in [-0.25, -0.2) is 0 Å². The summed E-state index contributed by atoms with van der Waals surface area (Å²) in [6, 6.07) is 10.8. The monoisotopic (exact) mass is 324 g/mol. The molecule has 0 heterocycles. The normalized spacial score (nSPS) is 12.0. The van der Waals surface area contributed by atoms with Crippen molar-refractivity contribution in [1.29, 1.82) is 0 Å². The van der Waals surface area contributed by atoms with Crippen LogP contribution in [-0.2, 0) is 11.2 Å². The van der Waals surface area contributed by atoms with Gasteiger partial charge >= 0.3 is 0 Å². The van der Waals surface area contributed by atoms with Crippen LogP contribution in [-0.4, -0.2) is 17.1 Å². The lowest BCUT2D eigenvalue weighted by atomic mass is 10.1. The van der Waals surface area contributed by atoms with Crippen LogP contribution in [0.2, 0.25) is 10.0 Å². The van der Waals surface area contributed by atoms with E-state index in [0.717, 1.165) is 5.56 Å². The third-order valence-electron chi connectivity index (χ3n) is 2.94. The molecule has 0 saturated carbocycles. The molecule has 0 fully saturated rings. The molecular formula is C15H14Cl2N2O2. The van der Waals surface area contributed by atoms with Gasteiger partial charge in [0.2, 0.25) is 5.91 Å². The molecular weight excluding hydrogens is 311 g/mol. The van der Waals surface area contributed by atoms with Crippen LogP contribution in [0.15, 0.2) is 42.5 Å². The molecule has 0 spiro atoms. The topological polar surface area (TPSA) is 75.3 Å². The molecule has 2 aromatic carbocycles. The number of halogens is 2. The quantitative estimate of drug-likeness (QED) is 0.808. The summed E-state index contributed by atoms with van der Waals surface area (Å²) in [7, 11) is 0. The number of anilines is 1. The van der Waals surface area contributed by atoms with E-state index < -0.39 is 6.04 Å². The maximum atomic E-state index is 12.1. The van der Waals surface area contributed by atoms with Gasteiger partial charge in [-0.05, 0) is 36.2 Å². The molecule has 2 aromatic rings. The zero-order valence-corrected chi connectivity index (χ0v) is 12.5. The summed E-state index contributed by atoms with van der Waals surface area (Å²) in [4.78, 5) is 12.1. The maximum absolute atomic E-state index is 12.1. The Bertz CT molecular complexity index is 645. The van der Waals surface area contributed by atoms with E-state index >= 15 is 0 Å². The van der Waals surface area contributed by atoms with Crippen LogP contribution < -0.4 is 11.1 Å². The van der Waals surface area contributed by atoms with Crippen LogP contribution in [0.4, 0.5) is 5.69 Å². The number of nitrogens with two attached hydrogens (primary N) is 1. The second-order valence-electron chi connectivity index (χ2n) is 4.57. The lowest BCUT2D eigenvalue weighted by Crippen LogP contribution is -2.37. The van der Waals surface area contributed by atoms with E-state index in [0.29, 0.717) is 17.1 Å². The SMILES string of the molecule is N[C@@H](Cc1ccc(O)cc1)C(=O)Nc1cccc(Cl)c1Cl. The molecule has 21 heavy (non-hydrogen) atoms. The smallest absolute Gasteiger partial charge is 0.241 e. The molecule has 2 rings (SSSR count). The Labute approximate surface area is 132 Å². The highest BCUT2D eigenvalue weighted by Gasteiger charge is 2.16. The Hall–Kier alpha value is -1.75. The van der Waals surface area contributed by atoms with Crippen molar-refractivity contribution in [3.05, 3.63) is 58.1 Å². The molecule has 110 valence electrons. The maximum Gasteiger partial charge on any atom is 0.241 e. The van der Waals surface area contributed by atoms with Gasteiger partial charge in [-0.2, -0.15) is 0 Å². The number of carbonyl (C=O) groups is 1. The van der Waals surface area contributed by atoms with Gasteiger partial charge in [0.1, 0.15) is 5.75 Å². The van der Waals surface area contributed by atoms with Crippen molar-refractivity contribution in [2.24, 2.45) is 5.73 Å². The van der Waals surface area contributed by atoms with E-state index in [9.17, 15) is 9.90 Å². The molecule has 4 nitrogen and oxygen atoms in total. The fourth-order valence-corrected chi connectivity index (χ4v) is 2.15. The highest BCUT2D eigenvalue weighted by atomic mass is 35.5. The van der Waals surface area contributed by atoms with Gasteiger partial charge in [0.15, 0.2) is 0 Å². The summed E-state index contributed by atoms with van der Waals surface area (Å²) < 4.78 is 0. The van der Waals surface area contributed by atoms with E-state index in [1.54, 1.807) is 42.5 Å². The fourth-order valence-electron chi connectivity index (χ4n) is 1.80. The molecule has 1 atom stereocenters. The van der Waals surface area contributed by atoms with Crippen molar-refractivity contribution >= 4 is 34.8 Å². The van der Waals surface area contributed by atoms with Crippen molar-refractivity contribution in [2.75, 3.05) is 5.32 Å². The number of rotatable bonds is 4. The number of carbonyl (C=O) groups excluding carboxylic acids is 1. The molecule has 0 radical (unpaired) electrons. The predicted octanol–water partition coefficient (Wildman–Crippen LogP) is 3.21. The first-order valence-electron chi connectivity index (χ1n) is 6.25. The van der Waals surface area contributed by atoms with Gasteiger partial charge < -0.3 is 16.2 Å². The number of hydrogen-bond acceptors (Lipinski definition) is 3. The van der Waals surface area contributed by atoms with Crippen LogP contribution in [0.3, 0.4) is 0 Å². The van der Waals surface area contributed by atoms with Crippen molar-refractivity contribution in [3.63, 3.8) is 0 Å². The van der Waals surface area contributed by atoms with Crippen molar-refractivity contribution in [3.8, 4) is 5.75 Å². The van der Waals surface area contributed by atoms with Gasteiger partial charge in [-0.1, -0.05) is 41.4 Å². The molecule has 4 N–H and O–H groups in total. The van der Waals surface area contributed by atoms with Gasteiger partial charge in [0, 0.05) is 0 Å². The first kappa shape index (κ1) is 15.6. The summed E-state index contributed by atoms with van der Waals surface area (Å²) in [6.45, 7) is 0. The van der Waals surface area contributed by atoms with Gasteiger partial charge in [0.25, 0.3) is 0 Å². The Morgan fingerprint density at radius 3 is 2.52 bits per heavy atom. The summed E-state index contributed by atoms with van der Waals surface area (Å²) >= 11 is 11.9. The van der Waals surface area contributed by atoms with Crippen LogP contribution in [0.5, 0.6) is 5.75 Å². The number of aromatic hydroxyl groups is 1. The first-order chi connectivity index (χ1) is 9.97. The highest BCUT2D eigenvalue weighted by molar-refractivity contribution is 6.44. The molecule has 0 bridgehead atoms. The third-order valence-corrected chi connectivity index (χ3v) is 3.76. The summed E-state index contributed by atoms with van der Waals surface area (Å²) in [5.41, 5.74) is 7.15. The Morgan fingerprint density at radius 1 is 1.19 bits per heavy atom. The van der Waals surface area contributed by atoms with Crippen molar-refractivity contribution < 1.29 is 9.90 Å². The minimum atomic E-state index is -0.732. The summed E-state index contributed by atoms with van der Waals surface area (Å²) in [5.74, 6) is -0.185. The average Bonchev–Trinajstić information content (AvgIpc) is 2.46. The molecule has 0 aliphatic heterocycles. The van der Waals surface area contributed by atoms with E-state index in [2.05, 4.69) is 5.32 Å². The number of phenolic OH excluding ortho intramolecular Hbond substituents is 1. The summed E-state index contributed by atoms with van der Waals surface area (Å²) in [6.07, 6.45) is 0.351. The standard InChI is InChI=1S/C15H14Cl2N2O2/c16-11-2-1-3-13(14(11)17)19-15(21)12(18)8-9-4-6-10(20)7-5-9/h1-7,12,20H,8,18H2,(H,19,21)/t12-/m0/s1. The minimum absolute atomic E-state index is 0.169. The number of amides is 1. The third kappa shape index (κ3) is 4.11.